The molecule has 0 aromatic heterocycles. The lowest BCUT2D eigenvalue weighted by Crippen LogP contribution is -2.18. The topological polar surface area (TPSA) is 47.3 Å². The number of hydrogen-bond acceptors (Lipinski definition) is 2. The minimum absolute atomic E-state index is 0.240. The van der Waals surface area contributed by atoms with Crippen LogP contribution in [-0.2, 0) is 0 Å². The molecule has 1 aromatic carbocycles. The first kappa shape index (κ1) is 10.3. The van der Waals surface area contributed by atoms with E-state index in [1.165, 1.54) is 0 Å². The van der Waals surface area contributed by atoms with E-state index in [-0.39, 0.29) is 5.11 Å². The Morgan fingerprint density at radius 1 is 1.62 bits per heavy atom. The van der Waals surface area contributed by atoms with Crippen molar-refractivity contribution in [1.29, 1.82) is 0 Å². The third-order valence-corrected chi connectivity index (χ3v) is 2.18. The molecule has 0 saturated heterocycles. The second kappa shape index (κ2) is 4.43. The van der Waals surface area contributed by atoms with Gasteiger partial charge in [-0.05, 0) is 40.3 Å². The number of halogens is 1. The molecule has 70 valence electrons. The summed E-state index contributed by atoms with van der Waals surface area (Å²) in [5.41, 5.74) is 6.13. The molecule has 0 fully saturated rings. The average Bonchev–Trinajstić information content (AvgIpc) is 2.07. The van der Waals surface area contributed by atoms with Crippen LogP contribution >= 0.6 is 28.1 Å². The predicted molar refractivity (Wildman–Crippen MR) is 61.1 cm³/mol. The smallest absolute Gasteiger partial charge is 0.168 e. The second-order valence-corrected chi connectivity index (χ2v) is 3.63. The van der Waals surface area contributed by atoms with Gasteiger partial charge in [-0.2, -0.15) is 0 Å². The zero-order valence-corrected chi connectivity index (χ0v) is 9.41. The van der Waals surface area contributed by atoms with Crippen molar-refractivity contribution in [3.05, 3.63) is 22.7 Å². The van der Waals surface area contributed by atoms with E-state index in [2.05, 4.69) is 21.2 Å². The fraction of sp³-hybridized carbons (Fsp3) is 0.125. The summed E-state index contributed by atoms with van der Waals surface area (Å²) in [6.07, 6.45) is 0. The highest BCUT2D eigenvalue weighted by Crippen LogP contribution is 2.27. The molecule has 0 aliphatic carbocycles. The van der Waals surface area contributed by atoms with Gasteiger partial charge in [0.25, 0.3) is 0 Å². The molecule has 3 nitrogen and oxygen atoms in total. The lowest BCUT2D eigenvalue weighted by molar-refractivity contribution is 0.412. The number of hydrogen-bond donors (Lipinski definition) is 2. The number of nitrogens with one attached hydrogen (secondary N) is 1. The Bertz CT molecular complexity index is 330. The molecule has 0 atom stereocenters. The summed E-state index contributed by atoms with van der Waals surface area (Å²) in [4.78, 5) is 0. The first-order valence-corrected chi connectivity index (χ1v) is 4.73. The monoisotopic (exact) mass is 260 g/mol. The molecule has 0 aliphatic heterocycles. The summed E-state index contributed by atoms with van der Waals surface area (Å²) in [7, 11) is 1.60. The molecule has 0 heterocycles. The van der Waals surface area contributed by atoms with Gasteiger partial charge in [-0.3, -0.25) is 0 Å². The van der Waals surface area contributed by atoms with Crippen LogP contribution in [0.4, 0.5) is 5.69 Å². The molecule has 1 aromatic rings. The van der Waals surface area contributed by atoms with Crippen LogP contribution in [0.15, 0.2) is 22.7 Å². The molecule has 13 heavy (non-hydrogen) atoms. The van der Waals surface area contributed by atoms with Crippen LogP contribution in [0, 0.1) is 0 Å². The standard InChI is InChI=1S/C8H9BrN2OS/c1-12-7-4-5(11-8(10)13)2-3-6(7)9/h2-4H,1H3,(H3,10,11,13). The van der Waals surface area contributed by atoms with Crippen LogP contribution < -0.4 is 15.8 Å². The zero-order valence-electron chi connectivity index (χ0n) is 7.00. The normalized spacial score (nSPS) is 9.38. The van der Waals surface area contributed by atoms with Gasteiger partial charge in [-0.1, -0.05) is 0 Å². The van der Waals surface area contributed by atoms with Gasteiger partial charge in [-0.15, -0.1) is 0 Å². The third-order valence-electron chi connectivity index (χ3n) is 1.42. The fourth-order valence-corrected chi connectivity index (χ4v) is 1.41. The molecular formula is C8H9BrN2OS. The van der Waals surface area contributed by atoms with E-state index in [0.29, 0.717) is 0 Å². The highest BCUT2D eigenvalue weighted by Gasteiger charge is 2.01. The fourth-order valence-electron chi connectivity index (χ4n) is 0.880. The lowest BCUT2D eigenvalue weighted by atomic mass is 10.3. The quantitative estimate of drug-likeness (QED) is 0.800. The van der Waals surface area contributed by atoms with E-state index in [1.54, 1.807) is 7.11 Å². The Balaban J connectivity index is 2.92. The molecule has 0 amide bonds. The molecule has 0 unspecified atom stereocenters. The maximum Gasteiger partial charge on any atom is 0.168 e. The van der Waals surface area contributed by atoms with Crippen molar-refractivity contribution >= 4 is 38.9 Å². The zero-order chi connectivity index (χ0) is 9.84. The SMILES string of the molecule is COc1cc(NC(N)=S)ccc1Br. The van der Waals surface area contributed by atoms with Gasteiger partial charge in [-0.25, -0.2) is 0 Å². The number of anilines is 1. The summed E-state index contributed by atoms with van der Waals surface area (Å²) < 4.78 is 5.99. The van der Waals surface area contributed by atoms with Crippen LogP contribution in [0.25, 0.3) is 0 Å². The van der Waals surface area contributed by atoms with Crippen LogP contribution in [-0.4, -0.2) is 12.2 Å². The van der Waals surface area contributed by atoms with Crippen molar-refractivity contribution < 1.29 is 4.74 Å². The number of methoxy groups -OCH3 is 1. The molecule has 0 saturated carbocycles. The highest BCUT2D eigenvalue weighted by molar-refractivity contribution is 9.10. The summed E-state index contributed by atoms with van der Waals surface area (Å²) >= 11 is 8.04. The Hall–Kier alpha value is -0.810. The van der Waals surface area contributed by atoms with E-state index in [0.717, 1.165) is 15.9 Å². The molecular weight excluding hydrogens is 252 g/mol. The van der Waals surface area contributed by atoms with Gasteiger partial charge in [0.05, 0.1) is 11.6 Å². The number of nitrogens with two attached hydrogens (primary N) is 1. The van der Waals surface area contributed by atoms with Gasteiger partial charge in [0.1, 0.15) is 5.75 Å². The van der Waals surface area contributed by atoms with Gasteiger partial charge >= 0.3 is 0 Å². The molecule has 0 radical (unpaired) electrons. The van der Waals surface area contributed by atoms with Gasteiger partial charge in [0.15, 0.2) is 5.11 Å². The number of ether oxygens (including phenoxy) is 1. The van der Waals surface area contributed by atoms with Crippen LogP contribution in [0.2, 0.25) is 0 Å². The Labute approximate surface area is 90.4 Å². The maximum absolute atomic E-state index is 5.32. The first-order valence-electron chi connectivity index (χ1n) is 3.53. The van der Waals surface area contributed by atoms with Crippen molar-refractivity contribution in [1.82, 2.24) is 0 Å². The molecule has 5 heteroatoms. The number of thiocarbonyl (C=S) groups is 1. The molecule has 1 rings (SSSR count). The van der Waals surface area contributed by atoms with Gasteiger partial charge in [0.2, 0.25) is 0 Å². The number of benzene rings is 1. The lowest BCUT2D eigenvalue weighted by Gasteiger charge is -2.07. The first-order chi connectivity index (χ1) is 6.13. The summed E-state index contributed by atoms with van der Waals surface area (Å²) in [5, 5.41) is 3.06. The average molecular weight is 261 g/mol. The van der Waals surface area contributed by atoms with Crippen LogP contribution in [0.5, 0.6) is 5.75 Å². The molecule has 0 bridgehead atoms. The minimum Gasteiger partial charge on any atom is -0.495 e. The van der Waals surface area contributed by atoms with Crippen molar-refractivity contribution in [2.45, 2.75) is 0 Å². The second-order valence-electron chi connectivity index (χ2n) is 2.34. The van der Waals surface area contributed by atoms with Crippen LogP contribution in [0.1, 0.15) is 0 Å². The number of rotatable bonds is 2. The predicted octanol–water partition coefficient (Wildman–Crippen LogP) is 2.11. The molecule has 0 aliphatic rings. The van der Waals surface area contributed by atoms with Crippen molar-refractivity contribution in [3.8, 4) is 5.75 Å². The van der Waals surface area contributed by atoms with Gasteiger partial charge in [0, 0.05) is 11.8 Å². The van der Waals surface area contributed by atoms with E-state index in [9.17, 15) is 0 Å². The van der Waals surface area contributed by atoms with E-state index in [1.807, 2.05) is 18.2 Å². The Morgan fingerprint density at radius 3 is 2.85 bits per heavy atom. The Kier molecular flexibility index (Phi) is 3.50. The summed E-state index contributed by atoms with van der Waals surface area (Å²) in [6.45, 7) is 0. The van der Waals surface area contributed by atoms with Crippen LogP contribution in [0.3, 0.4) is 0 Å². The minimum atomic E-state index is 0.240. The highest BCUT2D eigenvalue weighted by atomic mass is 79.9. The molecule has 3 N–H and O–H groups in total. The van der Waals surface area contributed by atoms with Crippen molar-refractivity contribution in [3.63, 3.8) is 0 Å². The third kappa shape index (κ3) is 2.86. The van der Waals surface area contributed by atoms with Gasteiger partial charge < -0.3 is 15.8 Å². The van der Waals surface area contributed by atoms with E-state index < -0.39 is 0 Å². The van der Waals surface area contributed by atoms with E-state index >= 15 is 0 Å². The van der Waals surface area contributed by atoms with Crippen molar-refractivity contribution in [2.75, 3.05) is 12.4 Å². The maximum atomic E-state index is 5.32. The van der Waals surface area contributed by atoms with E-state index in [4.69, 9.17) is 22.7 Å². The molecule has 0 spiro atoms. The summed E-state index contributed by atoms with van der Waals surface area (Å²) in [6, 6.07) is 5.52. The summed E-state index contributed by atoms with van der Waals surface area (Å²) in [5.74, 6) is 0.737. The Morgan fingerprint density at radius 2 is 2.31 bits per heavy atom. The van der Waals surface area contributed by atoms with Crippen molar-refractivity contribution in [2.24, 2.45) is 5.73 Å². The largest absolute Gasteiger partial charge is 0.495 e.